The van der Waals surface area contributed by atoms with Crippen LogP contribution in [0.15, 0.2) is 23.0 Å². The minimum absolute atomic E-state index is 0.222. The van der Waals surface area contributed by atoms with Crippen molar-refractivity contribution in [2.24, 2.45) is 0 Å². The molecule has 0 radical (unpaired) electrons. The molecule has 1 aliphatic heterocycles. The van der Waals surface area contributed by atoms with E-state index in [-0.39, 0.29) is 12.4 Å². The summed E-state index contributed by atoms with van der Waals surface area (Å²) in [4.78, 5) is 14.7. The van der Waals surface area contributed by atoms with Crippen LogP contribution in [0.25, 0.3) is 0 Å². The van der Waals surface area contributed by atoms with E-state index in [0.717, 1.165) is 40.3 Å². The largest absolute Gasteiger partial charge is 0.454 e. The van der Waals surface area contributed by atoms with Crippen LogP contribution < -0.4 is 20.8 Å². The topological polar surface area (TPSA) is 77.3 Å². The van der Waals surface area contributed by atoms with Crippen molar-refractivity contribution in [2.45, 2.75) is 26.7 Å². The molecule has 110 valence electrons. The Morgan fingerprint density at radius 3 is 2.76 bits per heavy atom. The Morgan fingerprint density at radius 2 is 2.00 bits per heavy atom. The Hall–Kier alpha value is -2.43. The van der Waals surface area contributed by atoms with Crippen LogP contribution in [0.4, 0.5) is 5.69 Å². The molecule has 5 nitrogen and oxygen atoms in total. The van der Waals surface area contributed by atoms with E-state index in [1.165, 1.54) is 0 Å². The summed E-state index contributed by atoms with van der Waals surface area (Å²) in [6.07, 6.45) is 1.43. The molecule has 3 rings (SSSR count). The van der Waals surface area contributed by atoms with Crippen LogP contribution in [-0.4, -0.2) is 11.8 Å². The minimum atomic E-state index is -0.222. The van der Waals surface area contributed by atoms with Crippen LogP contribution in [0.2, 0.25) is 0 Å². The van der Waals surface area contributed by atoms with E-state index in [0.29, 0.717) is 12.1 Å². The molecule has 0 fully saturated rings. The normalized spacial score (nSPS) is 12.7. The molecular weight excluding hydrogens is 268 g/mol. The van der Waals surface area contributed by atoms with Gasteiger partial charge in [-0.05, 0) is 42.2 Å². The molecule has 5 heteroatoms. The maximum absolute atomic E-state index is 11.9. The van der Waals surface area contributed by atoms with E-state index >= 15 is 0 Å². The summed E-state index contributed by atoms with van der Waals surface area (Å²) in [7, 11) is 0. The van der Waals surface area contributed by atoms with Gasteiger partial charge >= 0.3 is 0 Å². The lowest BCUT2D eigenvalue weighted by molar-refractivity contribution is 0.174. The first kappa shape index (κ1) is 13.5. The first-order chi connectivity index (χ1) is 10.1. The number of H-pyrrole nitrogens is 1. The molecule has 0 aliphatic carbocycles. The number of ether oxygens (including phenoxy) is 2. The predicted octanol–water partition coefficient (Wildman–Crippen LogP) is 2.15. The third-order valence-corrected chi connectivity index (χ3v) is 3.86. The number of benzene rings is 1. The molecule has 0 saturated carbocycles. The van der Waals surface area contributed by atoms with Crippen molar-refractivity contribution in [2.75, 3.05) is 12.5 Å². The van der Waals surface area contributed by atoms with E-state index in [1.54, 1.807) is 0 Å². The summed E-state index contributed by atoms with van der Waals surface area (Å²) < 4.78 is 10.7. The van der Waals surface area contributed by atoms with E-state index in [4.69, 9.17) is 15.2 Å². The van der Waals surface area contributed by atoms with Crippen molar-refractivity contribution in [1.29, 1.82) is 0 Å². The number of hydrogen-bond donors (Lipinski definition) is 2. The van der Waals surface area contributed by atoms with Gasteiger partial charge in [0, 0.05) is 12.1 Å². The van der Waals surface area contributed by atoms with Gasteiger partial charge in [-0.25, -0.2) is 0 Å². The van der Waals surface area contributed by atoms with Gasteiger partial charge in [0.1, 0.15) is 5.69 Å². The molecule has 2 heterocycles. The number of aryl methyl sites for hydroxylation is 1. The number of aromatic amines is 1. The molecule has 0 unspecified atom stereocenters. The van der Waals surface area contributed by atoms with Crippen LogP contribution >= 0.6 is 0 Å². The molecule has 21 heavy (non-hydrogen) atoms. The zero-order chi connectivity index (χ0) is 15.0. The van der Waals surface area contributed by atoms with Crippen LogP contribution in [-0.2, 0) is 12.8 Å². The molecule has 1 aliphatic rings. The number of rotatable bonds is 3. The number of anilines is 1. The van der Waals surface area contributed by atoms with Gasteiger partial charge in [-0.1, -0.05) is 13.0 Å². The number of nitrogens with two attached hydrogens (primary N) is 1. The quantitative estimate of drug-likeness (QED) is 0.906. The zero-order valence-corrected chi connectivity index (χ0v) is 12.2. The van der Waals surface area contributed by atoms with Crippen molar-refractivity contribution in [3.63, 3.8) is 0 Å². The summed E-state index contributed by atoms with van der Waals surface area (Å²) in [6.45, 7) is 4.22. The maximum atomic E-state index is 11.9. The van der Waals surface area contributed by atoms with Crippen LogP contribution in [0.3, 0.4) is 0 Å². The SMILES string of the molecule is CCc1c(C)[nH]c(=O)c(N)c1Cc1ccc2c(c1)OCO2. The second kappa shape index (κ2) is 5.16. The Balaban J connectivity index is 2.03. The number of hydrogen-bond acceptors (Lipinski definition) is 4. The van der Waals surface area contributed by atoms with Crippen molar-refractivity contribution >= 4 is 5.69 Å². The highest BCUT2D eigenvalue weighted by Crippen LogP contribution is 2.33. The zero-order valence-electron chi connectivity index (χ0n) is 12.2. The average molecular weight is 286 g/mol. The van der Waals surface area contributed by atoms with Crippen LogP contribution in [0.5, 0.6) is 11.5 Å². The summed E-state index contributed by atoms with van der Waals surface area (Å²) in [5.41, 5.74) is 10.00. The summed E-state index contributed by atoms with van der Waals surface area (Å²) in [6, 6.07) is 5.81. The van der Waals surface area contributed by atoms with Gasteiger partial charge in [0.15, 0.2) is 11.5 Å². The van der Waals surface area contributed by atoms with Crippen molar-refractivity contribution in [3.8, 4) is 11.5 Å². The molecule has 0 atom stereocenters. The Kier molecular flexibility index (Phi) is 3.33. The second-order valence-corrected chi connectivity index (χ2v) is 5.17. The fourth-order valence-electron chi connectivity index (χ4n) is 2.77. The number of fused-ring (bicyclic) bond motifs is 1. The molecule has 1 aromatic heterocycles. The number of nitrogen functional groups attached to an aromatic ring is 1. The van der Waals surface area contributed by atoms with Crippen molar-refractivity contribution < 1.29 is 9.47 Å². The monoisotopic (exact) mass is 286 g/mol. The molecule has 0 amide bonds. The van der Waals surface area contributed by atoms with E-state index in [9.17, 15) is 4.79 Å². The fourth-order valence-corrected chi connectivity index (χ4v) is 2.77. The van der Waals surface area contributed by atoms with Crippen LogP contribution in [0.1, 0.15) is 29.3 Å². The first-order valence-corrected chi connectivity index (χ1v) is 6.98. The third-order valence-electron chi connectivity index (χ3n) is 3.86. The van der Waals surface area contributed by atoms with E-state index in [1.807, 2.05) is 25.1 Å². The highest BCUT2D eigenvalue weighted by molar-refractivity contribution is 5.54. The van der Waals surface area contributed by atoms with Gasteiger partial charge in [-0.15, -0.1) is 0 Å². The summed E-state index contributed by atoms with van der Waals surface area (Å²) >= 11 is 0. The minimum Gasteiger partial charge on any atom is -0.454 e. The van der Waals surface area contributed by atoms with Gasteiger partial charge in [-0.3, -0.25) is 4.79 Å². The van der Waals surface area contributed by atoms with Gasteiger partial charge < -0.3 is 20.2 Å². The van der Waals surface area contributed by atoms with Crippen molar-refractivity contribution in [1.82, 2.24) is 4.98 Å². The Bertz CT molecular complexity index is 750. The van der Waals surface area contributed by atoms with E-state index in [2.05, 4.69) is 11.9 Å². The first-order valence-electron chi connectivity index (χ1n) is 6.98. The van der Waals surface area contributed by atoms with Gasteiger partial charge in [0.05, 0.1) is 0 Å². The number of aromatic nitrogens is 1. The van der Waals surface area contributed by atoms with Crippen molar-refractivity contribution in [3.05, 3.63) is 50.9 Å². The molecule has 2 aromatic rings. The molecule has 1 aromatic carbocycles. The van der Waals surface area contributed by atoms with Gasteiger partial charge in [0.25, 0.3) is 5.56 Å². The molecule has 3 N–H and O–H groups in total. The standard InChI is InChI=1S/C16H18N2O3/c1-3-11-9(2)18-16(19)15(17)12(11)6-10-4-5-13-14(7-10)21-8-20-13/h4-5,7H,3,6,8,17H2,1-2H3,(H,18,19). The lowest BCUT2D eigenvalue weighted by atomic mass is 9.96. The van der Waals surface area contributed by atoms with E-state index < -0.39 is 0 Å². The fraction of sp³-hybridized carbons (Fsp3) is 0.312. The summed E-state index contributed by atoms with van der Waals surface area (Å²) in [5.74, 6) is 1.50. The maximum Gasteiger partial charge on any atom is 0.271 e. The van der Waals surface area contributed by atoms with Gasteiger partial charge in [-0.2, -0.15) is 0 Å². The number of pyridine rings is 1. The lowest BCUT2D eigenvalue weighted by Gasteiger charge is -2.13. The van der Waals surface area contributed by atoms with Gasteiger partial charge in [0.2, 0.25) is 6.79 Å². The summed E-state index contributed by atoms with van der Waals surface area (Å²) in [5, 5.41) is 0. The molecule has 0 bridgehead atoms. The van der Waals surface area contributed by atoms with Crippen LogP contribution in [0, 0.1) is 6.92 Å². The Labute approximate surface area is 122 Å². The molecule has 0 saturated heterocycles. The highest BCUT2D eigenvalue weighted by atomic mass is 16.7. The number of nitrogens with one attached hydrogen (secondary N) is 1. The predicted molar refractivity (Wildman–Crippen MR) is 81.0 cm³/mol. The third kappa shape index (κ3) is 2.35. The molecular formula is C16H18N2O3. The smallest absolute Gasteiger partial charge is 0.271 e. The second-order valence-electron chi connectivity index (χ2n) is 5.17. The Morgan fingerprint density at radius 1 is 1.24 bits per heavy atom. The lowest BCUT2D eigenvalue weighted by Crippen LogP contribution is -2.19. The highest BCUT2D eigenvalue weighted by Gasteiger charge is 2.16. The molecule has 0 spiro atoms. The average Bonchev–Trinajstić information content (AvgIpc) is 2.92.